The molecule has 5 heterocycles. The largest absolute Gasteiger partial charge is 0.354 e. The van der Waals surface area contributed by atoms with E-state index < -0.39 is 11.7 Å². The molecule has 0 spiro atoms. The molecule has 2 N–H and O–H groups in total. The number of carbonyl (C=O) groups is 1. The molecule has 1 aliphatic rings. The van der Waals surface area contributed by atoms with Gasteiger partial charge in [0.2, 0.25) is 5.95 Å². The zero-order valence-electron chi connectivity index (χ0n) is 20.5. The highest BCUT2D eigenvalue weighted by Gasteiger charge is 2.15. The van der Waals surface area contributed by atoms with Crippen LogP contribution in [-0.2, 0) is 4.79 Å². The third-order valence-electron chi connectivity index (χ3n) is 5.93. The van der Waals surface area contributed by atoms with Crippen molar-refractivity contribution in [3.63, 3.8) is 0 Å². The van der Waals surface area contributed by atoms with Crippen LogP contribution in [0.25, 0.3) is 22.3 Å². The van der Waals surface area contributed by atoms with Gasteiger partial charge < -0.3 is 20.4 Å². The van der Waals surface area contributed by atoms with E-state index in [1.165, 1.54) is 6.92 Å². The minimum Gasteiger partial charge on any atom is -0.354 e. The molecule has 0 radical (unpaired) electrons. The summed E-state index contributed by atoms with van der Waals surface area (Å²) in [7, 11) is 2.13. The first-order valence-electron chi connectivity index (χ1n) is 11.8. The molecule has 188 valence electrons. The summed E-state index contributed by atoms with van der Waals surface area (Å²) in [4.78, 5) is 39.1. The fraction of sp³-hybridized carbons (Fsp3) is 0.231. The average Bonchev–Trinajstić information content (AvgIpc) is 2.89. The van der Waals surface area contributed by atoms with Crippen LogP contribution in [0.15, 0.2) is 67.0 Å². The second-order valence-corrected chi connectivity index (χ2v) is 8.76. The van der Waals surface area contributed by atoms with Crippen LogP contribution >= 0.6 is 0 Å². The van der Waals surface area contributed by atoms with Crippen LogP contribution in [0.5, 0.6) is 0 Å². The number of piperazine rings is 1. The van der Waals surface area contributed by atoms with Crippen molar-refractivity contribution in [1.29, 1.82) is 0 Å². The summed E-state index contributed by atoms with van der Waals surface area (Å²) < 4.78 is 13.0. The lowest BCUT2D eigenvalue weighted by Crippen LogP contribution is -2.44. The Morgan fingerprint density at radius 3 is 2.54 bits per heavy atom. The molecule has 10 nitrogen and oxygen atoms in total. The van der Waals surface area contributed by atoms with Gasteiger partial charge in [-0.25, -0.2) is 19.3 Å². The van der Waals surface area contributed by atoms with Gasteiger partial charge in [-0.2, -0.15) is 0 Å². The van der Waals surface area contributed by atoms with Crippen LogP contribution < -0.4 is 15.5 Å². The third-order valence-corrected chi connectivity index (χ3v) is 5.93. The molecule has 1 aliphatic heterocycles. The predicted octanol–water partition coefficient (Wildman–Crippen LogP) is 3.79. The van der Waals surface area contributed by atoms with Crippen molar-refractivity contribution in [3.8, 4) is 11.4 Å². The lowest BCUT2D eigenvalue weighted by atomic mass is 10.1. The molecule has 0 unspecified atom stereocenters. The third kappa shape index (κ3) is 5.84. The smallest absolute Gasteiger partial charge is 0.250 e. The predicted molar refractivity (Wildman–Crippen MR) is 141 cm³/mol. The van der Waals surface area contributed by atoms with E-state index >= 15 is 0 Å². The SMILES string of the molecule is CC(F)=CC(=O)Nc1ccnc(-c2nccc3cnc(Nc4ccc(N5CCN(C)CC5)nc4)nc23)c1. The molecule has 0 aromatic carbocycles. The monoisotopic (exact) mass is 499 g/mol. The molecule has 0 aliphatic carbocycles. The second kappa shape index (κ2) is 10.6. The quantitative estimate of drug-likeness (QED) is 0.383. The van der Waals surface area contributed by atoms with Crippen molar-refractivity contribution in [1.82, 2.24) is 29.8 Å². The zero-order chi connectivity index (χ0) is 25.8. The summed E-state index contributed by atoms with van der Waals surface area (Å²) in [5.74, 6) is 0.191. The van der Waals surface area contributed by atoms with Crippen LogP contribution in [0.3, 0.4) is 0 Å². The van der Waals surface area contributed by atoms with Gasteiger partial charge >= 0.3 is 0 Å². The normalized spacial score (nSPS) is 14.6. The number of aromatic nitrogens is 5. The van der Waals surface area contributed by atoms with Crippen LogP contribution in [0.4, 0.5) is 27.5 Å². The van der Waals surface area contributed by atoms with Gasteiger partial charge in [0.25, 0.3) is 5.91 Å². The van der Waals surface area contributed by atoms with Crippen molar-refractivity contribution < 1.29 is 9.18 Å². The number of nitrogens with zero attached hydrogens (tertiary/aromatic N) is 7. The van der Waals surface area contributed by atoms with E-state index in [9.17, 15) is 9.18 Å². The van der Waals surface area contributed by atoms with E-state index in [1.807, 2.05) is 18.2 Å². The van der Waals surface area contributed by atoms with Gasteiger partial charge in [-0.15, -0.1) is 0 Å². The topological polar surface area (TPSA) is 112 Å². The number of carbonyl (C=O) groups excluding carboxylic acids is 1. The second-order valence-electron chi connectivity index (χ2n) is 8.76. The molecule has 37 heavy (non-hydrogen) atoms. The molecule has 11 heteroatoms. The number of fused-ring (bicyclic) bond motifs is 1. The summed E-state index contributed by atoms with van der Waals surface area (Å²) >= 11 is 0. The molecule has 1 fully saturated rings. The average molecular weight is 500 g/mol. The summed E-state index contributed by atoms with van der Waals surface area (Å²) in [6.07, 6.45) is 7.56. The number of rotatable bonds is 6. The first-order valence-corrected chi connectivity index (χ1v) is 11.8. The van der Waals surface area contributed by atoms with E-state index in [0.29, 0.717) is 28.5 Å². The van der Waals surface area contributed by atoms with Gasteiger partial charge in [-0.05, 0) is 44.3 Å². The number of pyridine rings is 3. The number of allylic oxidation sites excluding steroid dienone is 1. The Kier molecular flexibility index (Phi) is 6.95. The van der Waals surface area contributed by atoms with Gasteiger partial charge in [0, 0.05) is 61.9 Å². The number of anilines is 4. The summed E-state index contributed by atoms with van der Waals surface area (Å²) in [5.41, 5.74) is 2.86. The van der Waals surface area contributed by atoms with Crippen molar-refractivity contribution in [2.45, 2.75) is 6.92 Å². The van der Waals surface area contributed by atoms with Crippen LogP contribution in [-0.4, -0.2) is 69.0 Å². The highest BCUT2D eigenvalue weighted by Crippen LogP contribution is 2.26. The van der Waals surface area contributed by atoms with Gasteiger partial charge in [-0.1, -0.05) is 0 Å². The minimum atomic E-state index is -0.580. The van der Waals surface area contributed by atoms with E-state index in [2.05, 4.69) is 52.4 Å². The Bertz CT molecular complexity index is 1450. The maximum atomic E-state index is 13.0. The van der Waals surface area contributed by atoms with E-state index in [0.717, 1.165) is 49.1 Å². The Balaban J connectivity index is 1.38. The summed E-state index contributed by atoms with van der Waals surface area (Å²) in [5, 5.41) is 6.62. The summed E-state index contributed by atoms with van der Waals surface area (Å²) in [6, 6.07) is 9.05. The van der Waals surface area contributed by atoms with E-state index in [-0.39, 0.29) is 0 Å². The fourth-order valence-corrected chi connectivity index (χ4v) is 4.01. The van der Waals surface area contributed by atoms with Gasteiger partial charge in [-0.3, -0.25) is 14.8 Å². The number of likely N-dealkylation sites (N-methyl/N-ethyl adjacent to an activating group) is 1. The number of hydrogen-bond donors (Lipinski definition) is 2. The van der Waals surface area contributed by atoms with Crippen molar-refractivity contribution in [2.75, 3.05) is 48.8 Å². The fourth-order valence-electron chi connectivity index (χ4n) is 4.01. The standard InChI is InChI=1S/C26H26FN9O/c1-17(27)13-23(37)32-19-6-8-28-21(14-19)25-24-18(5-7-29-25)15-31-26(34-24)33-20-3-4-22(30-16-20)36-11-9-35(2)10-12-36/h3-8,13-16H,9-12H2,1-2H3,(H,28,32,37)(H,31,33,34). The van der Waals surface area contributed by atoms with Crippen molar-refractivity contribution in [2.24, 2.45) is 0 Å². The summed E-state index contributed by atoms with van der Waals surface area (Å²) in [6.45, 7) is 5.14. The van der Waals surface area contributed by atoms with E-state index in [4.69, 9.17) is 0 Å². The molecule has 1 amide bonds. The number of halogens is 1. The Morgan fingerprint density at radius 1 is 0.973 bits per heavy atom. The molecule has 5 rings (SSSR count). The number of hydrogen-bond acceptors (Lipinski definition) is 9. The first-order chi connectivity index (χ1) is 17.9. The zero-order valence-corrected chi connectivity index (χ0v) is 20.5. The molecule has 0 bridgehead atoms. The molecule has 4 aromatic heterocycles. The van der Waals surface area contributed by atoms with Gasteiger partial charge in [0.1, 0.15) is 22.9 Å². The molecule has 1 saturated heterocycles. The van der Waals surface area contributed by atoms with Gasteiger partial charge in [0.05, 0.1) is 17.6 Å². The maximum absolute atomic E-state index is 13.0. The number of amides is 1. The minimum absolute atomic E-state index is 0.393. The highest BCUT2D eigenvalue weighted by atomic mass is 19.1. The van der Waals surface area contributed by atoms with Crippen molar-refractivity contribution in [3.05, 3.63) is 67.0 Å². The highest BCUT2D eigenvalue weighted by molar-refractivity contribution is 6.00. The van der Waals surface area contributed by atoms with Crippen molar-refractivity contribution >= 4 is 40.0 Å². The van der Waals surface area contributed by atoms with Crippen LogP contribution in [0, 0.1) is 0 Å². The van der Waals surface area contributed by atoms with E-state index in [1.54, 1.807) is 36.9 Å². The van der Waals surface area contributed by atoms with Crippen LogP contribution in [0.2, 0.25) is 0 Å². The molecule has 0 atom stereocenters. The van der Waals surface area contributed by atoms with Crippen LogP contribution in [0.1, 0.15) is 6.92 Å². The molecule has 4 aromatic rings. The maximum Gasteiger partial charge on any atom is 0.250 e. The molecular formula is C26H26FN9O. The Hall–Kier alpha value is -4.51. The Labute approximate surface area is 213 Å². The Morgan fingerprint density at radius 2 is 1.78 bits per heavy atom. The molecular weight excluding hydrogens is 473 g/mol. The molecule has 0 saturated carbocycles. The lowest BCUT2D eigenvalue weighted by Gasteiger charge is -2.33. The first kappa shape index (κ1) is 24.2. The van der Waals surface area contributed by atoms with Gasteiger partial charge in [0.15, 0.2) is 0 Å². The lowest BCUT2D eigenvalue weighted by molar-refractivity contribution is -0.112. The number of nitrogens with one attached hydrogen (secondary N) is 2.